The summed E-state index contributed by atoms with van der Waals surface area (Å²) in [5, 5.41) is 13.1. The summed E-state index contributed by atoms with van der Waals surface area (Å²) in [4.78, 5) is 20.2. The topological polar surface area (TPSA) is 70.4 Å². The van der Waals surface area contributed by atoms with E-state index < -0.39 is 5.56 Å². The van der Waals surface area contributed by atoms with Crippen LogP contribution >= 0.6 is 12.2 Å². The molecule has 0 bridgehead atoms. The van der Waals surface area contributed by atoms with Gasteiger partial charge in [-0.2, -0.15) is 0 Å². The number of aliphatic imine (C=N–C) groups is 1. The number of para-hydroxylation sites is 1. The molecular formula is C26H19N3O2S. The van der Waals surface area contributed by atoms with Crippen LogP contribution < -0.4 is 5.56 Å². The van der Waals surface area contributed by atoms with Gasteiger partial charge in [0.25, 0.3) is 5.56 Å². The van der Waals surface area contributed by atoms with Crippen molar-refractivity contribution in [2.45, 2.75) is 6.54 Å². The van der Waals surface area contributed by atoms with Gasteiger partial charge < -0.3 is 5.11 Å². The summed E-state index contributed by atoms with van der Waals surface area (Å²) in [7, 11) is 0. The molecular weight excluding hydrogens is 418 g/mol. The molecule has 0 unspecified atom stereocenters. The lowest BCUT2D eigenvalue weighted by molar-refractivity contribution is 0.413. The maximum atomic E-state index is 12.7. The van der Waals surface area contributed by atoms with E-state index in [0.29, 0.717) is 0 Å². The van der Waals surface area contributed by atoms with Crippen LogP contribution in [0.1, 0.15) is 16.7 Å². The molecule has 0 fully saturated rings. The molecule has 1 aromatic heterocycles. The van der Waals surface area contributed by atoms with E-state index in [0.717, 1.165) is 38.9 Å². The highest BCUT2D eigenvalue weighted by Crippen LogP contribution is 2.38. The summed E-state index contributed by atoms with van der Waals surface area (Å²) in [6.07, 6.45) is 3.29. The Morgan fingerprint density at radius 2 is 1.81 bits per heavy atom. The van der Waals surface area contributed by atoms with Gasteiger partial charge in [0.1, 0.15) is 5.56 Å². The molecule has 5 rings (SSSR count). The minimum absolute atomic E-state index is 0.126. The molecule has 1 aliphatic heterocycles. The summed E-state index contributed by atoms with van der Waals surface area (Å²) >= 11 is 5.20. The SMILES string of the molecule is C=CCn1c(O)c(C=C2C(c3ccc4ccccc4c3)=Nc3ccccc32)c(=O)[nH]c1=S. The van der Waals surface area contributed by atoms with Gasteiger partial charge in [-0.05, 0) is 41.2 Å². The Kier molecular flexibility index (Phi) is 4.92. The average Bonchev–Trinajstić information content (AvgIpc) is 3.17. The highest BCUT2D eigenvalue weighted by molar-refractivity contribution is 7.71. The quantitative estimate of drug-likeness (QED) is 0.321. The summed E-state index contributed by atoms with van der Waals surface area (Å²) in [5.41, 5.74) is 3.82. The molecule has 4 aromatic rings. The minimum atomic E-state index is -0.456. The van der Waals surface area contributed by atoms with Crippen LogP contribution in [-0.4, -0.2) is 20.4 Å². The molecule has 6 heteroatoms. The number of allylic oxidation sites excluding steroid dienone is 2. The van der Waals surface area contributed by atoms with Crippen molar-refractivity contribution in [2.75, 3.05) is 0 Å². The predicted molar refractivity (Wildman–Crippen MR) is 132 cm³/mol. The van der Waals surface area contributed by atoms with Crippen molar-refractivity contribution in [1.82, 2.24) is 9.55 Å². The molecule has 156 valence electrons. The van der Waals surface area contributed by atoms with Crippen molar-refractivity contribution >= 4 is 46.0 Å². The van der Waals surface area contributed by atoms with Gasteiger partial charge in [0.2, 0.25) is 5.88 Å². The van der Waals surface area contributed by atoms with Crippen molar-refractivity contribution in [3.63, 3.8) is 0 Å². The molecule has 0 saturated carbocycles. The Bertz CT molecular complexity index is 1570. The Balaban J connectivity index is 1.74. The minimum Gasteiger partial charge on any atom is -0.494 e. The lowest BCUT2D eigenvalue weighted by atomic mass is 9.95. The number of aromatic amines is 1. The average molecular weight is 438 g/mol. The largest absolute Gasteiger partial charge is 0.494 e. The van der Waals surface area contributed by atoms with Gasteiger partial charge in [0.15, 0.2) is 4.77 Å². The third-order valence-electron chi connectivity index (χ3n) is 5.51. The molecule has 32 heavy (non-hydrogen) atoms. The zero-order chi connectivity index (χ0) is 22.2. The van der Waals surface area contributed by atoms with Gasteiger partial charge in [-0.1, -0.05) is 60.7 Å². The van der Waals surface area contributed by atoms with E-state index in [-0.39, 0.29) is 22.8 Å². The molecule has 0 atom stereocenters. The van der Waals surface area contributed by atoms with E-state index in [2.05, 4.69) is 35.8 Å². The molecule has 0 aliphatic carbocycles. The van der Waals surface area contributed by atoms with E-state index in [1.807, 2.05) is 42.5 Å². The number of fused-ring (bicyclic) bond motifs is 2. The number of hydrogen-bond acceptors (Lipinski definition) is 4. The van der Waals surface area contributed by atoms with Crippen LogP contribution in [0.3, 0.4) is 0 Å². The number of rotatable bonds is 4. The number of aromatic hydroxyl groups is 1. The van der Waals surface area contributed by atoms with E-state index in [9.17, 15) is 9.90 Å². The van der Waals surface area contributed by atoms with Gasteiger partial charge in [0, 0.05) is 23.2 Å². The van der Waals surface area contributed by atoms with Gasteiger partial charge in [0.05, 0.1) is 11.4 Å². The lowest BCUT2D eigenvalue weighted by Crippen LogP contribution is -2.17. The number of nitrogens with zero attached hydrogens (tertiary/aromatic N) is 2. The Morgan fingerprint density at radius 3 is 2.62 bits per heavy atom. The first kappa shape index (κ1) is 19.9. The number of nitrogens with one attached hydrogen (secondary N) is 1. The summed E-state index contributed by atoms with van der Waals surface area (Å²) in [6, 6.07) is 22.0. The third kappa shape index (κ3) is 3.31. The van der Waals surface area contributed by atoms with Gasteiger partial charge >= 0.3 is 0 Å². The molecule has 3 aromatic carbocycles. The monoisotopic (exact) mass is 437 g/mol. The van der Waals surface area contributed by atoms with Crippen LogP contribution in [-0.2, 0) is 6.54 Å². The standard InChI is InChI=1S/C26H19N3O2S/c1-2-13-29-25(31)21(24(30)28-26(29)32)15-20-19-9-5-6-10-22(19)27-23(20)18-12-11-16-7-3-4-8-17(16)14-18/h2-12,14-15,31H,1,13H2,(H,28,30,32). The fourth-order valence-electron chi connectivity index (χ4n) is 3.96. The molecule has 2 heterocycles. The van der Waals surface area contributed by atoms with Crippen LogP contribution in [0.25, 0.3) is 22.4 Å². The molecule has 0 spiro atoms. The second-order valence-electron chi connectivity index (χ2n) is 7.49. The number of H-pyrrole nitrogens is 1. The normalized spacial score (nSPS) is 13.9. The summed E-state index contributed by atoms with van der Waals surface area (Å²) in [5.74, 6) is -0.201. The smallest absolute Gasteiger partial charge is 0.262 e. The molecule has 2 N–H and O–H groups in total. The fraction of sp³-hybridized carbons (Fsp3) is 0.0385. The van der Waals surface area contributed by atoms with Gasteiger partial charge in [-0.15, -0.1) is 6.58 Å². The molecule has 0 radical (unpaired) electrons. The molecule has 0 amide bonds. The van der Waals surface area contributed by atoms with Crippen LogP contribution in [0.15, 0.2) is 89.2 Å². The van der Waals surface area contributed by atoms with Gasteiger partial charge in [-0.25, -0.2) is 4.99 Å². The highest BCUT2D eigenvalue weighted by atomic mass is 32.1. The van der Waals surface area contributed by atoms with E-state index in [1.165, 1.54) is 4.57 Å². The van der Waals surface area contributed by atoms with Crippen LogP contribution in [0.4, 0.5) is 5.69 Å². The van der Waals surface area contributed by atoms with Crippen molar-refractivity contribution in [3.8, 4) is 5.88 Å². The third-order valence-corrected chi connectivity index (χ3v) is 5.83. The first-order valence-corrected chi connectivity index (χ1v) is 10.5. The predicted octanol–water partition coefficient (Wildman–Crippen LogP) is 5.63. The second kappa shape index (κ2) is 7.90. The van der Waals surface area contributed by atoms with Gasteiger partial charge in [-0.3, -0.25) is 14.3 Å². The summed E-state index contributed by atoms with van der Waals surface area (Å²) in [6.45, 7) is 3.97. The number of benzene rings is 3. The first-order chi connectivity index (χ1) is 15.6. The molecule has 5 nitrogen and oxygen atoms in total. The second-order valence-corrected chi connectivity index (χ2v) is 7.88. The first-order valence-electron chi connectivity index (χ1n) is 10.1. The zero-order valence-corrected chi connectivity index (χ0v) is 17.9. The molecule has 1 aliphatic rings. The summed E-state index contributed by atoms with van der Waals surface area (Å²) < 4.78 is 1.58. The van der Waals surface area contributed by atoms with E-state index in [1.54, 1.807) is 12.2 Å². The fourth-order valence-corrected chi connectivity index (χ4v) is 4.21. The zero-order valence-electron chi connectivity index (χ0n) is 17.1. The Morgan fingerprint density at radius 1 is 1.06 bits per heavy atom. The van der Waals surface area contributed by atoms with Crippen LogP contribution in [0.5, 0.6) is 5.88 Å². The van der Waals surface area contributed by atoms with Crippen molar-refractivity contribution < 1.29 is 5.11 Å². The maximum absolute atomic E-state index is 12.7. The van der Waals surface area contributed by atoms with Crippen molar-refractivity contribution in [3.05, 3.63) is 111 Å². The Hall–Kier alpha value is -4.03. The molecule has 0 saturated heterocycles. The van der Waals surface area contributed by atoms with Crippen molar-refractivity contribution in [1.29, 1.82) is 0 Å². The maximum Gasteiger partial charge on any atom is 0.262 e. The Labute approximate surface area is 189 Å². The van der Waals surface area contributed by atoms with Crippen molar-refractivity contribution in [2.24, 2.45) is 4.99 Å². The van der Waals surface area contributed by atoms with E-state index in [4.69, 9.17) is 17.2 Å². The lowest BCUT2D eigenvalue weighted by Gasteiger charge is -2.11. The number of aromatic nitrogens is 2. The van der Waals surface area contributed by atoms with E-state index >= 15 is 0 Å². The number of hydrogen-bond donors (Lipinski definition) is 2. The van der Waals surface area contributed by atoms with Crippen LogP contribution in [0.2, 0.25) is 0 Å². The van der Waals surface area contributed by atoms with Crippen LogP contribution in [0, 0.1) is 4.77 Å². The highest BCUT2D eigenvalue weighted by Gasteiger charge is 2.23.